The number of nitrogens with one attached hydrogen (secondary N) is 1. The van der Waals surface area contributed by atoms with Crippen molar-refractivity contribution in [1.82, 2.24) is 9.80 Å². The number of hydrogen-bond acceptors (Lipinski definition) is 3. The lowest BCUT2D eigenvalue weighted by atomic mass is 10.2. The highest BCUT2D eigenvalue weighted by Crippen LogP contribution is 2.17. The van der Waals surface area contributed by atoms with E-state index in [-0.39, 0.29) is 5.91 Å². The number of anilines is 1. The van der Waals surface area contributed by atoms with Crippen LogP contribution in [0.25, 0.3) is 0 Å². The number of likely N-dealkylation sites (tertiary alicyclic amines) is 1. The van der Waals surface area contributed by atoms with Gasteiger partial charge in [0.25, 0.3) is 0 Å². The molecule has 1 saturated heterocycles. The van der Waals surface area contributed by atoms with Crippen LogP contribution in [0.5, 0.6) is 0 Å². The Balaban J connectivity index is 1.47. The zero-order valence-electron chi connectivity index (χ0n) is 14.2. The molecule has 4 heteroatoms. The predicted molar refractivity (Wildman–Crippen MR) is 97.8 cm³/mol. The van der Waals surface area contributed by atoms with Crippen LogP contribution in [0.3, 0.4) is 0 Å². The van der Waals surface area contributed by atoms with Gasteiger partial charge in [0.15, 0.2) is 0 Å². The molecule has 0 saturated carbocycles. The molecule has 1 N–H and O–H groups in total. The van der Waals surface area contributed by atoms with E-state index in [2.05, 4.69) is 34.5 Å². The number of para-hydroxylation sites is 1. The van der Waals surface area contributed by atoms with Crippen LogP contribution in [0.4, 0.5) is 5.69 Å². The van der Waals surface area contributed by atoms with Gasteiger partial charge in [-0.1, -0.05) is 48.5 Å². The van der Waals surface area contributed by atoms with Gasteiger partial charge in [-0.15, -0.1) is 0 Å². The lowest BCUT2D eigenvalue weighted by Gasteiger charge is -2.25. The Morgan fingerprint density at radius 3 is 2.50 bits per heavy atom. The Morgan fingerprint density at radius 2 is 1.79 bits per heavy atom. The number of carbonyl (C=O) groups is 1. The van der Waals surface area contributed by atoms with Crippen LogP contribution in [0.1, 0.15) is 12.0 Å². The maximum absolute atomic E-state index is 12.4. The Kier molecular flexibility index (Phi) is 5.49. The summed E-state index contributed by atoms with van der Waals surface area (Å²) >= 11 is 0. The lowest BCUT2D eigenvalue weighted by molar-refractivity contribution is -0.129. The number of carbonyl (C=O) groups excluding carboxylic acids is 1. The van der Waals surface area contributed by atoms with E-state index in [1.165, 1.54) is 5.56 Å². The lowest BCUT2D eigenvalue weighted by Crippen LogP contribution is -2.41. The van der Waals surface area contributed by atoms with Crippen molar-refractivity contribution in [1.29, 1.82) is 0 Å². The molecule has 0 radical (unpaired) electrons. The molecule has 0 aromatic heterocycles. The first-order valence-electron chi connectivity index (χ1n) is 8.53. The topological polar surface area (TPSA) is 35.6 Å². The van der Waals surface area contributed by atoms with Gasteiger partial charge in [0, 0.05) is 38.4 Å². The van der Waals surface area contributed by atoms with Crippen molar-refractivity contribution < 1.29 is 4.79 Å². The smallest absolute Gasteiger partial charge is 0.241 e. The summed E-state index contributed by atoms with van der Waals surface area (Å²) in [5.41, 5.74) is 2.31. The molecule has 1 unspecified atom stereocenters. The summed E-state index contributed by atoms with van der Waals surface area (Å²) < 4.78 is 0. The molecule has 1 atom stereocenters. The monoisotopic (exact) mass is 323 g/mol. The quantitative estimate of drug-likeness (QED) is 0.888. The molecular weight excluding hydrogens is 298 g/mol. The second kappa shape index (κ2) is 7.97. The summed E-state index contributed by atoms with van der Waals surface area (Å²) in [4.78, 5) is 16.7. The number of rotatable bonds is 6. The largest absolute Gasteiger partial charge is 0.376 e. The predicted octanol–water partition coefficient (Wildman–Crippen LogP) is 2.83. The molecule has 1 amide bonds. The fourth-order valence-electron chi connectivity index (χ4n) is 3.18. The SMILES string of the molecule is CN(C(=O)CNc1ccccc1)C1CCN(Cc2ccccc2)C1. The summed E-state index contributed by atoms with van der Waals surface area (Å²) in [5.74, 6) is 0.144. The fraction of sp³-hybridized carbons (Fsp3) is 0.350. The van der Waals surface area contributed by atoms with Gasteiger partial charge in [0.05, 0.1) is 6.54 Å². The first-order valence-corrected chi connectivity index (χ1v) is 8.53. The molecule has 4 nitrogen and oxygen atoms in total. The maximum atomic E-state index is 12.4. The van der Waals surface area contributed by atoms with Crippen molar-refractivity contribution in [2.45, 2.75) is 19.0 Å². The summed E-state index contributed by atoms with van der Waals surface area (Å²) in [6, 6.07) is 20.7. The average molecular weight is 323 g/mol. The molecule has 0 aliphatic carbocycles. The molecule has 1 fully saturated rings. The standard InChI is InChI=1S/C20H25N3O/c1-22(20(24)14-21-18-10-6-3-7-11-18)19-12-13-23(16-19)15-17-8-4-2-5-9-17/h2-11,19,21H,12-16H2,1H3. The third kappa shape index (κ3) is 4.36. The van der Waals surface area contributed by atoms with Crippen molar-refractivity contribution >= 4 is 11.6 Å². The third-order valence-electron chi connectivity index (χ3n) is 4.66. The highest BCUT2D eigenvalue weighted by atomic mass is 16.2. The van der Waals surface area contributed by atoms with Crippen LogP contribution < -0.4 is 5.32 Å². The van der Waals surface area contributed by atoms with Crippen LogP contribution in [0, 0.1) is 0 Å². The van der Waals surface area contributed by atoms with Gasteiger partial charge in [0.2, 0.25) is 5.91 Å². The van der Waals surface area contributed by atoms with E-state index in [4.69, 9.17) is 0 Å². The molecule has 0 bridgehead atoms. The van der Waals surface area contributed by atoms with Gasteiger partial charge in [-0.2, -0.15) is 0 Å². The molecular formula is C20H25N3O. The van der Waals surface area contributed by atoms with Gasteiger partial charge >= 0.3 is 0 Å². The van der Waals surface area contributed by atoms with E-state index < -0.39 is 0 Å². The number of hydrogen-bond donors (Lipinski definition) is 1. The average Bonchev–Trinajstić information content (AvgIpc) is 3.09. The Bertz CT molecular complexity index is 644. The number of benzene rings is 2. The van der Waals surface area contributed by atoms with Gasteiger partial charge in [-0.3, -0.25) is 9.69 Å². The van der Waals surface area contributed by atoms with E-state index in [0.717, 1.165) is 31.7 Å². The molecule has 3 rings (SSSR count). The van der Waals surface area contributed by atoms with E-state index in [9.17, 15) is 4.79 Å². The zero-order valence-corrected chi connectivity index (χ0v) is 14.2. The first-order chi connectivity index (χ1) is 11.7. The summed E-state index contributed by atoms with van der Waals surface area (Å²) in [6.07, 6.45) is 1.04. The van der Waals surface area contributed by atoms with E-state index in [1.54, 1.807) is 0 Å². The van der Waals surface area contributed by atoms with Gasteiger partial charge < -0.3 is 10.2 Å². The van der Waals surface area contributed by atoms with Gasteiger partial charge in [-0.25, -0.2) is 0 Å². The van der Waals surface area contributed by atoms with Gasteiger partial charge in [-0.05, 0) is 24.1 Å². The Hall–Kier alpha value is -2.33. The molecule has 24 heavy (non-hydrogen) atoms. The summed E-state index contributed by atoms with van der Waals surface area (Å²) in [6.45, 7) is 3.29. The minimum atomic E-state index is 0.144. The van der Waals surface area contributed by atoms with E-state index >= 15 is 0 Å². The minimum absolute atomic E-state index is 0.144. The molecule has 2 aromatic carbocycles. The molecule has 0 spiro atoms. The Labute approximate surface area is 144 Å². The summed E-state index contributed by atoms with van der Waals surface area (Å²) in [5, 5.41) is 3.20. The number of amides is 1. The second-order valence-electron chi connectivity index (χ2n) is 6.39. The highest BCUT2D eigenvalue weighted by Gasteiger charge is 2.28. The second-order valence-corrected chi connectivity index (χ2v) is 6.39. The van der Waals surface area contributed by atoms with Crippen LogP contribution in [0.2, 0.25) is 0 Å². The van der Waals surface area contributed by atoms with Crippen molar-refractivity contribution in [3.8, 4) is 0 Å². The van der Waals surface area contributed by atoms with Crippen molar-refractivity contribution in [2.75, 3.05) is 32.0 Å². The molecule has 2 aromatic rings. The van der Waals surface area contributed by atoms with Crippen LogP contribution in [0.15, 0.2) is 60.7 Å². The zero-order chi connectivity index (χ0) is 16.8. The third-order valence-corrected chi connectivity index (χ3v) is 4.66. The molecule has 1 heterocycles. The minimum Gasteiger partial charge on any atom is -0.376 e. The molecule has 1 aliphatic rings. The van der Waals surface area contributed by atoms with Crippen LogP contribution in [-0.4, -0.2) is 48.4 Å². The fourth-order valence-corrected chi connectivity index (χ4v) is 3.18. The summed E-state index contributed by atoms with van der Waals surface area (Å²) in [7, 11) is 1.92. The number of nitrogens with zero attached hydrogens (tertiary/aromatic N) is 2. The van der Waals surface area contributed by atoms with Crippen molar-refractivity contribution in [3.63, 3.8) is 0 Å². The molecule has 126 valence electrons. The Morgan fingerprint density at radius 1 is 1.12 bits per heavy atom. The van der Waals surface area contributed by atoms with Crippen LogP contribution in [-0.2, 0) is 11.3 Å². The van der Waals surface area contributed by atoms with Crippen molar-refractivity contribution in [2.24, 2.45) is 0 Å². The van der Waals surface area contributed by atoms with E-state index in [0.29, 0.717) is 12.6 Å². The van der Waals surface area contributed by atoms with E-state index in [1.807, 2.05) is 48.3 Å². The van der Waals surface area contributed by atoms with Gasteiger partial charge in [0.1, 0.15) is 0 Å². The normalized spacial score (nSPS) is 17.6. The first kappa shape index (κ1) is 16.5. The maximum Gasteiger partial charge on any atom is 0.241 e. The highest BCUT2D eigenvalue weighted by molar-refractivity contribution is 5.81. The van der Waals surface area contributed by atoms with Crippen molar-refractivity contribution in [3.05, 3.63) is 66.2 Å². The molecule has 1 aliphatic heterocycles. The number of likely N-dealkylation sites (N-methyl/N-ethyl adjacent to an activating group) is 1. The van der Waals surface area contributed by atoms with Crippen LogP contribution >= 0.6 is 0 Å².